The van der Waals surface area contributed by atoms with Crippen molar-refractivity contribution in [1.29, 1.82) is 0 Å². The number of hydrogen-bond donors (Lipinski definition) is 1. The summed E-state index contributed by atoms with van der Waals surface area (Å²) >= 11 is 0. The van der Waals surface area contributed by atoms with E-state index in [9.17, 15) is 5.11 Å². The molecule has 1 heteroatoms. The molecule has 0 bridgehead atoms. The lowest BCUT2D eigenvalue weighted by Crippen LogP contribution is -1.97. The number of aliphatic hydroxyl groups excluding tert-OH is 1. The molecule has 0 saturated carbocycles. The molecule has 1 N–H and O–H groups in total. The summed E-state index contributed by atoms with van der Waals surface area (Å²) in [6.07, 6.45) is 1.28. The minimum absolute atomic E-state index is 0.530. The number of benzene rings is 1. The zero-order valence-electron chi connectivity index (χ0n) is 7.99. The van der Waals surface area contributed by atoms with Crippen LogP contribution < -0.4 is 0 Å². The van der Waals surface area contributed by atoms with Gasteiger partial charge in [0.2, 0.25) is 0 Å². The lowest BCUT2D eigenvalue weighted by Gasteiger charge is -2.08. The molecule has 68 valence electrons. The fraction of sp³-hybridized carbons (Fsp3) is 0.250. The molecule has 13 heavy (non-hydrogen) atoms. The quantitative estimate of drug-likeness (QED) is 0.683. The first kappa shape index (κ1) is 9.79. The van der Waals surface area contributed by atoms with Gasteiger partial charge in [-0.15, -0.1) is 5.73 Å². The maximum Gasteiger partial charge on any atom is 0.107 e. The van der Waals surface area contributed by atoms with Gasteiger partial charge in [0.25, 0.3) is 0 Å². The monoisotopic (exact) mass is 174 g/mol. The Hall–Kier alpha value is -1.30. The maximum absolute atomic E-state index is 9.80. The molecule has 0 spiro atoms. The van der Waals surface area contributed by atoms with Crippen LogP contribution in [-0.4, -0.2) is 5.11 Å². The summed E-state index contributed by atoms with van der Waals surface area (Å²) < 4.78 is 0. The molecular formula is C12H14O. The molecule has 1 aromatic rings. The highest BCUT2D eigenvalue weighted by molar-refractivity contribution is 5.24. The lowest BCUT2D eigenvalue weighted by atomic mass is 10.0. The molecule has 0 aromatic heterocycles. The highest BCUT2D eigenvalue weighted by Gasteiger charge is 2.07. The van der Waals surface area contributed by atoms with Crippen molar-refractivity contribution in [2.24, 2.45) is 0 Å². The minimum atomic E-state index is -0.530. The van der Waals surface area contributed by atoms with Gasteiger partial charge in [0, 0.05) is 5.57 Å². The Balaban J connectivity index is 2.92. The van der Waals surface area contributed by atoms with E-state index in [2.05, 4.69) is 5.73 Å². The SMILES string of the molecule is CC=C=C(C)C(O)c1ccccc1. The van der Waals surface area contributed by atoms with Gasteiger partial charge in [-0.1, -0.05) is 30.3 Å². The van der Waals surface area contributed by atoms with Gasteiger partial charge in [-0.2, -0.15) is 0 Å². The van der Waals surface area contributed by atoms with Gasteiger partial charge in [-0.3, -0.25) is 0 Å². The van der Waals surface area contributed by atoms with Crippen molar-refractivity contribution in [2.45, 2.75) is 20.0 Å². The second-order valence-electron chi connectivity index (χ2n) is 2.93. The summed E-state index contributed by atoms with van der Waals surface area (Å²) in [5.41, 5.74) is 4.74. The Morgan fingerprint density at radius 3 is 2.54 bits per heavy atom. The Morgan fingerprint density at radius 2 is 2.00 bits per heavy atom. The number of hydrogen-bond acceptors (Lipinski definition) is 1. The van der Waals surface area contributed by atoms with Crippen LogP contribution in [0.2, 0.25) is 0 Å². The first-order valence-corrected chi connectivity index (χ1v) is 4.36. The third kappa shape index (κ3) is 2.59. The van der Waals surface area contributed by atoms with Crippen LogP contribution >= 0.6 is 0 Å². The molecule has 0 radical (unpaired) electrons. The summed E-state index contributed by atoms with van der Waals surface area (Å²) in [6.45, 7) is 3.76. The molecular weight excluding hydrogens is 160 g/mol. The summed E-state index contributed by atoms with van der Waals surface area (Å²) in [6, 6.07) is 9.59. The topological polar surface area (TPSA) is 20.2 Å². The zero-order chi connectivity index (χ0) is 9.68. The van der Waals surface area contributed by atoms with Gasteiger partial charge in [-0.25, -0.2) is 0 Å². The van der Waals surface area contributed by atoms with Crippen molar-refractivity contribution in [2.75, 3.05) is 0 Å². The molecule has 0 fully saturated rings. The molecule has 1 atom stereocenters. The molecule has 0 aliphatic heterocycles. The van der Waals surface area contributed by atoms with Crippen molar-refractivity contribution < 1.29 is 5.11 Å². The normalized spacial score (nSPS) is 11.6. The van der Waals surface area contributed by atoms with E-state index in [1.807, 2.05) is 50.3 Å². The molecule has 0 heterocycles. The Morgan fingerprint density at radius 1 is 1.38 bits per heavy atom. The number of aliphatic hydroxyl groups is 1. The molecule has 1 aromatic carbocycles. The van der Waals surface area contributed by atoms with E-state index in [0.29, 0.717) is 0 Å². The molecule has 0 amide bonds. The third-order valence-corrected chi connectivity index (χ3v) is 1.90. The summed E-state index contributed by atoms with van der Waals surface area (Å²) in [7, 11) is 0. The van der Waals surface area contributed by atoms with E-state index in [1.54, 1.807) is 0 Å². The van der Waals surface area contributed by atoms with Gasteiger partial charge in [0.1, 0.15) is 6.10 Å². The Labute approximate surface area is 79.0 Å². The zero-order valence-corrected chi connectivity index (χ0v) is 7.99. The second kappa shape index (κ2) is 4.66. The summed E-state index contributed by atoms with van der Waals surface area (Å²) in [4.78, 5) is 0. The molecule has 0 aliphatic rings. The molecule has 0 saturated heterocycles. The van der Waals surface area contributed by atoms with Crippen LogP contribution in [0.25, 0.3) is 0 Å². The van der Waals surface area contributed by atoms with E-state index in [4.69, 9.17) is 0 Å². The van der Waals surface area contributed by atoms with E-state index < -0.39 is 6.10 Å². The average molecular weight is 174 g/mol. The minimum Gasteiger partial charge on any atom is -0.383 e. The van der Waals surface area contributed by atoms with Gasteiger partial charge >= 0.3 is 0 Å². The van der Waals surface area contributed by atoms with Crippen LogP contribution in [0.4, 0.5) is 0 Å². The average Bonchev–Trinajstić information content (AvgIpc) is 2.18. The predicted octanol–water partition coefficient (Wildman–Crippen LogP) is 2.84. The van der Waals surface area contributed by atoms with Crippen LogP contribution in [0.5, 0.6) is 0 Å². The third-order valence-electron chi connectivity index (χ3n) is 1.90. The Kier molecular flexibility index (Phi) is 3.51. The first-order chi connectivity index (χ1) is 6.25. The highest BCUT2D eigenvalue weighted by atomic mass is 16.3. The summed E-state index contributed by atoms with van der Waals surface area (Å²) in [5, 5.41) is 9.80. The number of rotatable bonds is 2. The van der Waals surface area contributed by atoms with Crippen molar-refractivity contribution in [3.63, 3.8) is 0 Å². The van der Waals surface area contributed by atoms with Crippen LogP contribution in [0.3, 0.4) is 0 Å². The highest BCUT2D eigenvalue weighted by Crippen LogP contribution is 2.19. The molecule has 1 nitrogen and oxygen atoms in total. The van der Waals surface area contributed by atoms with Crippen molar-refractivity contribution in [1.82, 2.24) is 0 Å². The van der Waals surface area contributed by atoms with Crippen molar-refractivity contribution >= 4 is 0 Å². The first-order valence-electron chi connectivity index (χ1n) is 4.36. The van der Waals surface area contributed by atoms with E-state index in [-0.39, 0.29) is 0 Å². The van der Waals surface area contributed by atoms with E-state index in [1.165, 1.54) is 0 Å². The van der Waals surface area contributed by atoms with Crippen LogP contribution in [0, 0.1) is 0 Å². The predicted molar refractivity (Wildman–Crippen MR) is 54.3 cm³/mol. The van der Waals surface area contributed by atoms with Crippen molar-refractivity contribution in [3.8, 4) is 0 Å². The van der Waals surface area contributed by atoms with Gasteiger partial charge in [0.05, 0.1) is 0 Å². The molecule has 0 aliphatic carbocycles. The van der Waals surface area contributed by atoms with Crippen LogP contribution in [-0.2, 0) is 0 Å². The Bertz CT molecular complexity index is 318. The van der Waals surface area contributed by atoms with Crippen LogP contribution in [0.1, 0.15) is 25.5 Å². The molecule has 1 rings (SSSR count). The van der Waals surface area contributed by atoms with Crippen molar-refractivity contribution in [3.05, 3.63) is 53.3 Å². The fourth-order valence-electron chi connectivity index (χ4n) is 1.19. The van der Waals surface area contributed by atoms with Gasteiger partial charge in [-0.05, 0) is 25.5 Å². The largest absolute Gasteiger partial charge is 0.383 e. The maximum atomic E-state index is 9.80. The van der Waals surface area contributed by atoms with Gasteiger partial charge < -0.3 is 5.11 Å². The van der Waals surface area contributed by atoms with E-state index >= 15 is 0 Å². The standard InChI is InChI=1S/C12H14O/c1-3-7-10(2)12(13)11-8-5-4-6-9-11/h3-6,8-9,12-13H,1-2H3. The second-order valence-corrected chi connectivity index (χ2v) is 2.93. The smallest absolute Gasteiger partial charge is 0.107 e. The van der Waals surface area contributed by atoms with Gasteiger partial charge in [0.15, 0.2) is 0 Å². The fourth-order valence-corrected chi connectivity index (χ4v) is 1.19. The van der Waals surface area contributed by atoms with E-state index in [0.717, 1.165) is 11.1 Å². The van der Waals surface area contributed by atoms with Crippen LogP contribution in [0.15, 0.2) is 47.7 Å². The summed E-state index contributed by atoms with van der Waals surface area (Å²) in [5.74, 6) is 0. The lowest BCUT2D eigenvalue weighted by molar-refractivity contribution is 0.216. The molecule has 1 unspecified atom stereocenters.